The maximum Gasteiger partial charge on any atom is 0.345 e. The number of hydrogen-bond donors (Lipinski definition) is 3. The predicted molar refractivity (Wildman–Crippen MR) is 104 cm³/mol. The van der Waals surface area contributed by atoms with E-state index < -0.39 is 35.8 Å². The molecule has 0 radical (unpaired) electrons. The van der Waals surface area contributed by atoms with Gasteiger partial charge in [-0.15, -0.1) is 0 Å². The van der Waals surface area contributed by atoms with Crippen molar-refractivity contribution in [3.8, 4) is 0 Å². The number of allylic oxidation sites excluding steroid dienone is 2. The molecule has 1 aliphatic heterocycles. The third kappa shape index (κ3) is 6.78. The molecule has 0 saturated carbocycles. The zero-order valence-electron chi connectivity index (χ0n) is 17.1. The maximum atomic E-state index is 11.9. The van der Waals surface area contributed by atoms with Gasteiger partial charge in [0.1, 0.15) is 23.4 Å². The summed E-state index contributed by atoms with van der Waals surface area (Å²) < 4.78 is 4.99. The Hall–Kier alpha value is -2.15. The maximum absolute atomic E-state index is 11.9. The highest BCUT2D eigenvalue weighted by Crippen LogP contribution is 2.23. The number of aliphatic hydroxyl groups excluding tert-OH is 2. The number of carbonyl (C=O) groups excluding carboxylic acids is 2. The number of esters is 1. The van der Waals surface area contributed by atoms with Gasteiger partial charge in [0.25, 0.3) is 0 Å². The van der Waals surface area contributed by atoms with Crippen molar-refractivity contribution < 1.29 is 34.4 Å². The SMILES string of the molecule is CCC(C)C(O)C(C=CCC(C)CCC(O)=C1C(=O)CC(C)OC1=O)C(=O)O. The summed E-state index contributed by atoms with van der Waals surface area (Å²) in [5, 5.41) is 29.6. The van der Waals surface area contributed by atoms with Gasteiger partial charge in [0.05, 0.1) is 6.10 Å². The lowest BCUT2D eigenvalue weighted by Gasteiger charge is -2.22. The first-order chi connectivity index (χ1) is 13.1. The van der Waals surface area contributed by atoms with Crippen molar-refractivity contribution >= 4 is 17.7 Å². The van der Waals surface area contributed by atoms with Crippen LogP contribution < -0.4 is 0 Å². The molecule has 0 aromatic heterocycles. The number of Topliss-reactive ketones (excluding diaryl/α,β-unsaturated/α-hetero) is 1. The summed E-state index contributed by atoms with van der Waals surface area (Å²) in [6.45, 7) is 7.26. The average molecular weight is 396 g/mol. The fourth-order valence-electron chi connectivity index (χ4n) is 3.06. The topological polar surface area (TPSA) is 121 Å². The van der Waals surface area contributed by atoms with Crippen molar-refractivity contribution in [3.05, 3.63) is 23.5 Å². The zero-order chi connectivity index (χ0) is 21.4. The number of hydrogen-bond acceptors (Lipinski definition) is 6. The van der Waals surface area contributed by atoms with Crippen LogP contribution in [0.25, 0.3) is 0 Å². The number of rotatable bonds is 10. The molecular weight excluding hydrogens is 364 g/mol. The molecule has 5 atom stereocenters. The van der Waals surface area contributed by atoms with Crippen LogP contribution in [0.1, 0.15) is 59.8 Å². The molecule has 0 aromatic rings. The summed E-state index contributed by atoms with van der Waals surface area (Å²) in [6, 6.07) is 0. The highest BCUT2D eigenvalue weighted by atomic mass is 16.5. The molecule has 28 heavy (non-hydrogen) atoms. The number of ketones is 1. The molecule has 1 fully saturated rings. The van der Waals surface area contributed by atoms with E-state index in [-0.39, 0.29) is 36.0 Å². The van der Waals surface area contributed by atoms with Crippen LogP contribution in [0.15, 0.2) is 23.5 Å². The molecule has 7 heteroatoms. The second-order valence-electron chi connectivity index (χ2n) is 7.71. The van der Waals surface area contributed by atoms with Crippen LogP contribution in [0.3, 0.4) is 0 Å². The first-order valence-electron chi connectivity index (χ1n) is 9.82. The number of aliphatic hydroxyl groups is 2. The van der Waals surface area contributed by atoms with E-state index in [0.29, 0.717) is 19.3 Å². The van der Waals surface area contributed by atoms with Crippen molar-refractivity contribution in [1.29, 1.82) is 0 Å². The van der Waals surface area contributed by atoms with E-state index in [9.17, 15) is 29.7 Å². The molecule has 1 aliphatic rings. The molecular formula is C21H32O7. The van der Waals surface area contributed by atoms with Gasteiger partial charge in [-0.2, -0.15) is 0 Å². The van der Waals surface area contributed by atoms with Crippen LogP contribution in [0.4, 0.5) is 0 Å². The van der Waals surface area contributed by atoms with E-state index in [1.54, 1.807) is 13.0 Å². The Morgan fingerprint density at radius 1 is 1.29 bits per heavy atom. The van der Waals surface area contributed by atoms with Gasteiger partial charge in [0.2, 0.25) is 0 Å². The molecule has 1 rings (SSSR count). The Morgan fingerprint density at radius 2 is 1.93 bits per heavy atom. The van der Waals surface area contributed by atoms with Gasteiger partial charge in [0, 0.05) is 12.8 Å². The molecule has 158 valence electrons. The monoisotopic (exact) mass is 396 g/mol. The molecule has 0 bridgehead atoms. The number of aliphatic carboxylic acids is 1. The van der Waals surface area contributed by atoms with E-state index >= 15 is 0 Å². The summed E-state index contributed by atoms with van der Waals surface area (Å²) in [4.78, 5) is 35.1. The van der Waals surface area contributed by atoms with Crippen molar-refractivity contribution in [1.82, 2.24) is 0 Å². The largest absolute Gasteiger partial charge is 0.511 e. The standard InChI is InChI=1S/C21H32O7/c1-5-13(3)19(24)15(20(25)26)8-6-7-12(2)9-10-16(22)18-17(23)11-14(4)28-21(18)27/h6,8,12-15,19,22,24H,5,7,9-11H2,1-4H3,(H,25,26). The van der Waals surface area contributed by atoms with E-state index in [1.807, 2.05) is 20.8 Å². The van der Waals surface area contributed by atoms with E-state index in [1.165, 1.54) is 6.08 Å². The van der Waals surface area contributed by atoms with Crippen molar-refractivity contribution in [3.63, 3.8) is 0 Å². The number of cyclic esters (lactones) is 1. The van der Waals surface area contributed by atoms with Gasteiger partial charge in [-0.3, -0.25) is 9.59 Å². The van der Waals surface area contributed by atoms with Crippen molar-refractivity contribution in [2.24, 2.45) is 17.8 Å². The molecule has 0 aliphatic carbocycles. The van der Waals surface area contributed by atoms with E-state index in [4.69, 9.17) is 4.74 Å². The predicted octanol–water partition coefficient (Wildman–Crippen LogP) is 3.17. The van der Waals surface area contributed by atoms with Gasteiger partial charge in [-0.25, -0.2) is 4.79 Å². The van der Waals surface area contributed by atoms with Gasteiger partial charge in [-0.05, 0) is 31.6 Å². The van der Waals surface area contributed by atoms with Crippen molar-refractivity contribution in [2.75, 3.05) is 0 Å². The molecule has 5 unspecified atom stereocenters. The van der Waals surface area contributed by atoms with Crippen LogP contribution in [0.2, 0.25) is 0 Å². The summed E-state index contributed by atoms with van der Waals surface area (Å²) in [6.07, 6.45) is 3.79. The third-order valence-corrected chi connectivity index (χ3v) is 5.19. The van der Waals surface area contributed by atoms with Crippen LogP contribution >= 0.6 is 0 Å². The van der Waals surface area contributed by atoms with E-state index in [0.717, 1.165) is 0 Å². The quantitative estimate of drug-likeness (QED) is 0.170. The molecule has 0 amide bonds. The van der Waals surface area contributed by atoms with Crippen LogP contribution in [0.5, 0.6) is 0 Å². The third-order valence-electron chi connectivity index (χ3n) is 5.19. The molecule has 0 spiro atoms. The lowest BCUT2D eigenvalue weighted by atomic mass is 9.89. The summed E-state index contributed by atoms with van der Waals surface area (Å²) in [5.41, 5.74) is -0.261. The Balaban J connectivity index is 2.62. The van der Waals surface area contributed by atoms with Gasteiger partial charge in [0.15, 0.2) is 5.78 Å². The second kappa shape index (κ2) is 11.0. The lowest BCUT2D eigenvalue weighted by molar-refractivity contribution is -0.150. The second-order valence-corrected chi connectivity index (χ2v) is 7.71. The molecule has 7 nitrogen and oxygen atoms in total. The summed E-state index contributed by atoms with van der Waals surface area (Å²) >= 11 is 0. The van der Waals surface area contributed by atoms with Crippen LogP contribution in [-0.4, -0.2) is 45.2 Å². The Morgan fingerprint density at radius 3 is 2.46 bits per heavy atom. The summed E-state index contributed by atoms with van der Waals surface area (Å²) in [7, 11) is 0. The highest BCUT2D eigenvalue weighted by molar-refractivity contribution is 6.19. The first kappa shape index (κ1) is 23.9. The normalized spacial score (nSPS) is 23.8. The fraction of sp³-hybridized carbons (Fsp3) is 0.667. The van der Waals surface area contributed by atoms with Crippen LogP contribution in [-0.2, 0) is 19.1 Å². The molecule has 3 N–H and O–H groups in total. The van der Waals surface area contributed by atoms with Crippen LogP contribution in [0, 0.1) is 17.8 Å². The Kier molecular flexibility index (Phi) is 9.38. The smallest absolute Gasteiger partial charge is 0.345 e. The van der Waals surface area contributed by atoms with Crippen molar-refractivity contribution in [2.45, 2.75) is 72.0 Å². The first-order valence-corrected chi connectivity index (χ1v) is 9.82. The average Bonchev–Trinajstić information content (AvgIpc) is 2.61. The van der Waals surface area contributed by atoms with Gasteiger partial charge in [-0.1, -0.05) is 39.3 Å². The minimum absolute atomic E-state index is 0.0680. The molecule has 1 heterocycles. The highest BCUT2D eigenvalue weighted by Gasteiger charge is 2.32. The lowest BCUT2D eigenvalue weighted by Crippen LogP contribution is -2.31. The zero-order valence-corrected chi connectivity index (χ0v) is 17.1. The number of carboxylic acid groups (broad SMARTS) is 1. The minimum atomic E-state index is -1.07. The van der Waals surface area contributed by atoms with Gasteiger partial charge < -0.3 is 20.1 Å². The number of carboxylic acids is 1. The molecule has 0 aromatic carbocycles. The number of ether oxygens (including phenoxy) is 1. The van der Waals surface area contributed by atoms with Gasteiger partial charge >= 0.3 is 11.9 Å². The molecule has 1 saturated heterocycles. The Bertz CT molecular complexity index is 615. The van der Waals surface area contributed by atoms with E-state index in [2.05, 4.69) is 0 Å². The fourth-order valence-corrected chi connectivity index (χ4v) is 3.06. The Labute approximate surface area is 166 Å². The summed E-state index contributed by atoms with van der Waals surface area (Å²) in [5.74, 6) is -3.51. The minimum Gasteiger partial charge on any atom is -0.511 e. The number of carbonyl (C=O) groups is 3.